The van der Waals surface area contributed by atoms with Crippen LogP contribution < -0.4 is 0 Å². The van der Waals surface area contributed by atoms with Crippen molar-refractivity contribution in [2.24, 2.45) is 0 Å². The van der Waals surface area contributed by atoms with Crippen LogP contribution in [-0.4, -0.2) is 15.1 Å². The van der Waals surface area contributed by atoms with Crippen LogP contribution in [0.25, 0.3) is 22.0 Å². The zero-order valence-electron chi connectivity index (χ0n) is 11.1. The molecule has 4 heteroatoms. The van der Waals surface area contributed by atoms with E-state index in [9.17, 15) is 0 Å². The van der Waals surface area contributed by atoms with Crippen molar-refractivity contribution in [1.82, 2.24) is 15.1 Å². The predicted octanol–water partition coefficient (Wildman–Crippen LogP) is 3.60. The number of benzene rings is 2. The fourth-order valence-corrected chi connectivity index (χ4v) is 2.47. The smallest absolute Gasteiger partial charge is 0.167 e. The largest absolute Gasteiger partial charge is 0.356 e. The van der Waals surface area contributed by atoms with E-state index in [4.69, 9.17) is 4.52 Å². The number of hydrogen-bond donors (Lipinski definition) is 1. The van der Waals surface area contributed by atoms with Gasteiger partial charge in [0.1, 0.15) is 5.82 Å². The molecular weight excluding hydrogens is 250 g/mol. The number of nitrogens with zero attached hydrogens (tertiary/aromatic N) is 2. The lowest BCUT2D eigenvalue weighted by molar-refractivity contribution is 0.447. The zero-order valence-corrected chi connectivity index (χ0v) is 11.1. The minimum absolute atomic E-state index is 0.644. The number of fused-ring (bicyclic) bond motifs is 2. The van der Waals surface area contributed by atoms with Gasteiger partial charge in [0.15, 0.2) is 5.58 Å². The van der Waals surface area contributed by atoms with Gasteiger partial charge in [0.25, 0.3) is 0 Å². The van der Waals surface area contributed by atoms with Gasteiger partial charge in [0.2, 0.25) is 0 Å². The number of H-pyrrole nitrogens is 1. The summed E-state index contributed by atoms with van der Waals surface area (Å²) < 4.78 is 5.38. The first-order valence-electron chi connectivity index (χ1n) is 6.58. The van der Waals surface area contributed by atoms with E-state index in [1.54, 1.807) is 0 Å². The van der Waals surface area contributed by atoms with Gasteiger partial charge >= 0.3 is 0 Å². The highest BCUT2D eigenvalue weighted by Gasteiger charge is 2.11. The molecule has 4 aromatic rings. The third-order valence-corrected chi connectivity index (χ3v) is 3.48. The van der Waals surface area contributed by atoms with Crippen molar-refractivity contribution in [2.45, 2.75) is 13.3 Å². The van der Waals surface area contributed by atoms with Crippen LogP contribution in [0, 0.1) is 6.92 Å². The molecule has 0 aliphatic rings. The number of aryl methyl sites for hydroxylation is 1. The van der Waals surface area contributed by atoms with Gasteiger partial charge in [0.05, 0.1) is 23.1 Å². The predicted molar refractivity (Wildman–Crippen MR) is 77.6 cm³/mol. The molecule has 20 heavy (non-hydrogen) atoms. The summed E-state index contributed by atoms with van der Waals surface area (Å²) in [7, 11) is 0. The fourth-order valence-electron chi connectivity index (χ4n) is 2.47. The third-order valence-electron chi connectivity index (χ3n) is 3.48. The maximum absolute atomic E-state index is 5.38. The Labute approximate surface area is 115 Å². The zero-order chi connectivity index (χ0) is 13.5. The molecule has 0 radical (unpaired) electrons. The van der Waals surface area contributed by atoms with E-state index in [0.717, 1.165) is 33.5 Å². The van der Waals surface area contributed by atoms with Crippen LogP contribution in [-0.2, 0) is 6.42 Å². The Hall–Kier alpha value is -2.62. The SMILES string of the molecule is Cc1ccc2c(Cc3nc4ccccc4[nH]3)noc2c1. The van der Waals surface area contributed by atoms with Crippen molar-refractivity contribution < 1.29 is 4.52 Å². The summed E-state index contributed by atoms with van der Waals surface area (Å²) in [6.07, 6.45) is 0.644. The van der Waals surface area contributed by atoms with E-state index in [1.165, 1.54) is 5.56 Å². The topological polar surface area (TPSA) is 54.7 Å². The van der Waals surface area contributed by atoms with Gasteiger partial charge in [-0.25, -0.2) is 4.98 Å². The van der Waals surface area contributed by atoms with E-state index in [0.29, 0.717) is 6.42 Å². The average Bonchev–Trinajstić information content (AvgIpc) is 3.02. The Morgan fingerprint density at radius 3 is 2.95 bits per heavy atom. The highest BCUT2D eigenvalue weighted by Crippen LogP contribution is 2.22. The molecule has 0 saturated heterocycles. The summed E-state index contributed by atoms with van der Waals surface area (Å²) in [5.41, 5.74) is 4.94. The van der Waals surface area contributed by atoms with Crippen LogP contribution in [0.1, 0.15) is 17.1 Å². The van der Waals surface area contributed by atoms with E-state index in [1.807, 2.05) is 37.3 Å². The Bertz CT molecular complexity index is 871. The van der Waals surface area contributed by atoms with Crippen LogP contribution in [0.4, 0.5) is 0 Å². The molecule has 0 atom stereocenters. The number of hydrogen-bond acceptors (Lipinski definition) is 3. The molecule has 0 bridgehead atoms. The second-order valence-electron chi connectivity index (χ2n) is 5.01. The minimum Gasteiger partial charge on any atom is -0.356 e. The third kappa shape index (κ3) is 1.77. The summed E-state index contributed by atoms with van der Waals surface area (Å²) in [6, 6.07) is 14.1. The first-order chi connectivity index (χ1) is 9.79. The molecule has 1 N–H and O–H groups in total. The summed E-state index contributed by atoms with van der Waals surface area (Å²) >= 11 is 0. The van der Waals surface area contributed by atoms with Crippen molar-refractivity contribution in [3.63, 3.8) is 0 Å². The van der Waals surface area contributed by atoms with Gasteiger partial charge in [-0.1, -0.05) is 23.4 Å². The van der Waals surface area contributed by atoms with Crippen LogP contribution in [0.2, 0.25) is 0 Å². The molecule has 2 heterocycles. The second-order valence-corrected chi connectivity index (χ2v) is 5.01. The summed E-state index contributed by atoms with van der Waals surface area (Å²) in [5, 5.41) is 5.22. The maximum Gasteiger partial charge on any atom is 0.167 e. The van der Waals surface area contributed by atoms with E-state index < -0.39 is 0 Å². The molecule has 0 amide bonds. The summed E-state index contributed by atoms with van der Waals surface area (Å²) in [6.45, 7) is 2.04. The molecule has 0 fully saturated rings. The van der Waals surface area contributed by atoms with Crippen molar-refractivity contribution >= 4 is 22.0 Å². The summed E-state index contributed by atoms with van der Waals surface area (Å²) in [4.78, 5) is 7.89. The molecule has 4 rings (SSSR count). The molecule has 0 aliphatic carbocycles. The van der Waals surface area contributed by atoms with Gasteiger partial charge < -0.3 is 9.51 Å². The molecule has 2 aromatic carbocycles. The van der Waals surface area contributed by atoms with Gasteiger partial charge in [0, 0.05) is 5.39 Å². The number of aromatic nitrogens is 3. The number of nitrogens with one attached hydrogen (secondary N) is 1. The number of para-hydroxylation sites is 2. The molecule has 4 nitrogen and oxygen atoms in total. The Morgan fingerprint density at radius 1 is 1.15 bits per heavy atom. The lowest BCUT2D eigenvalue weighted by atomic mass is 10.1. The first-order valence-corrected chi connectivity index (χ1v) is 6.58. The van der Waals surface area contributed by atoms with E-state index in [-0.39, 0.29) is 0 Å². The second kappa shape index (κ2) is 4.20. The van der Waals surface area contributed by atoms with Crippen molar-refractivity contribution in [1.29, 1.82) is 0 Å². The lowest BCUT2D eigenvalue weighted by Crippen LogP contribution is -1.91. The molecular formula is C16H13N3O. The van der Waals surface area contributed by atoms with Gasteiger partial charge in [-0.2, -0.15) is 0 Å². The number of imidazole rings is 1. The van der Waals surface area contributed by atoms with Crippen LogP contribution in [0.3, 0.4) is 0 Å². The minimum atomic E-state index is 0.644. The number of aromatic amines is 1. The molecule has 0 spiro atoms. The van der Waals surface area contributed by atoms with Crippen LogP contribution in [0.5, 0.6) is 0 Å². The highest BCUT2D eigenvalue weighted by molar-refractivity contribution is 5.80. The Morgan fingerprint density at radius 2 is 2.05 bits per heavy atom. The standard InChI is InChI=1S/C16H13N3O/c1-10-6-7-11-14(19-20-15(11)8-10)9-16-17-12-4-2-3-5-13(12)18-16/h2-8H,9H2,1H3,(H,17,18). The van der Waals surface area contributed by atoms with Gasteiger partial charge in [-0.3, -0.25) is 0 Å². The van der Waals surface area contributed by atoms with E-state index >= 15 is 0 Å². The summed E-state index contributed by atoms with van der Waals surface area (Å²) in [5.74, 6) is 0.905. The van der Waals surface area contributed by atoms with Crippen molar-refractivity contribution in [2.75, 3.05) is 0 Å². The Kier molecular flexibility index (Phi) is 2.36. The molecule has 0 saturated carbocycles. The van der Waals surface area contributed by atoms with Crippen molar-refractivity contribution in [3.05, 3.63) is 59.5 Å². The quantitative estimate of drug-likeness (QED) is 0.601. The number of rotatable bonds is 2. The maximum atomic E-state index is 5.38. The average molecular weight is 263 g/mol. The Balaban J connectivity index is 1.76. The van der Waals surface area contributed by atoms with Gasteiger partial charge in [-0.15, -0.1) is 0 Å². The van der Waals surface area contributed by atoms with E-state index in [2.05, 4.69) is 27.3 Å². The van der Waals surface area contributed by atoms with Crippen molar-refractivity contribution in [3.8, 4) is 0 Å². The fraction of sp³-hybridized carbons (Fsp3) is 0.125. The normalized spacial score (nSPS) is 11.4. The van der Waals surface area contributed by atoms with Crippen LogP contribution >= 0.6 is 0 Å². The van der Waals surface area contributed by atoms with Crippen LogP contribution in [0.15, 0.2) is 47.0 Å². The first kappa shape index (κ1) is 11.2. The lowest BCUT2D eigenvalue weighted by Gasteiger charge is -1.93. The monoisotopic (exact) mass is 263 g/mol. The molecule has 2 aromatic heterocycles. The highest BCUT2D eigenvalue weighted by atomic mass is 16.5. The molecule has 0 aliphatic heterocycles. The van der Waals surface area contributed by atoms with Gasteiger partial charge in [-0.05, 0) is 36.8 Å². The molecule has 98 valence electrons. The molecule has 0 unspecified atom stereocenters.